The van der Waals surface area contributed by atoms with E-state index in [0.717, 1.165) is 0 Å². The van der Waals surface area contributed by atoms with E-state index in [0.29, 0.717) is 21.7 Å². The van der Waals surface area contributed by atoms with E-state index < -0.39 is 0 Å². The maximum Gasteiger partial charge on any atom is 0.244 e. The smallest absolute Gasteiger partial charge is 0.244 e. The van der Waals surface area contributed by atoms with E-state index in [9.17, 15) is 14.8 Å². The lowest BCUT2D eigenvalue weighted by Gasteiger charge is -2.11. The fourth-order valence-electron chi connectivity index (χ4n) is 3.24. The molecule has 0 bridgehead atoms. The van der Waals surface area contributed by atoms with Crippen LogP contribution < -0.4 is 0 Å². The Morgan fingerprint density at radius 3 is 1.71 bits per heavy atom. The van der Waals surface area contributed by atoms with Crippen LogP contribution in [0.5, 0.6) is 0 Å². The average Bonchev–Trinajstić information content (AvgIpc) is 2.84. The third-order valence-corrected chi connectivity index (χ3v) is 4.76. The van der Waals surface area contributed by atoms with E-state index in [1.807, 2.05) is 6.07 Å². The van der Waals surface area contributed by atoms with Crippen molar-refractivity contribution in [2.75, 3.05) is 0 Å². The molecule has 0 saturated heterocycles. The minimum absolute atomic E-state index is 0.0966. The summed E-state index contributed by atoms with van der Waals surface area (Å²) in [7, 11) is 0. The summed E-state index contributed by atoms with van der Waals surface area (Å²) in [5.74, 6) is -0.685. The van der Waals surface area contributed by atoms with E-state index in [4.69, 9.17) is 0 Å². The number of rotatable bonds is 6. The molecule has 4 rings (SSSR count). The number of nitrogens with zero attached hydrogens (tertiary/aromatic N) is 2. The molecular formula is C26H18N2O3. The van der Waals surface area contributed by atoms with Crippen LogP contribution in [0.3, 0.4) is 0 Å². The molecule has 0 unspecified atom stereocenters. The van der Waals surface area contributed by atoms with E-state index in [1.165, 1.54) is 0 Å². The third-order valence-electron chi connectivity index (χ3n) is 4.76. The highest BCUT2D eigenvalue weighted by molar-refractivity contribution is 6.21. The first-order valence-electron chi connectivity index (χ1n) is 9.71. The maximum atomic E-state index is 13.4. The zero-order chi connectivity index (χ0) is 21.6. The number of benzene rings is 4. The molecule has 4 aromatic rings. The largest absolute Gasteiger partial charge is 0.594 e. The Kier molecular flexibility index (Phi) is 5.76. The number of carbonyl (C=O) groups excluding carboxylic acids is 2. The van der Waals surface area contributed by atoms with Crippen LogP contribution in [-0.4, -0.2) is 16.4 Å². The van der Waals surface area contributed by atoms with Gasteiger partial charge in [-0.1, -0.05) is 95.9 Å². The Labute approximate surface area is 179 Å². The van der Waals surface area contributed by atoms with Gasteiger partial charge in [-0.05, 0) is 6.07 Å². The van der Waals surface area contributed by atoms with Gasteiger partial charge in [0.05, 0.1) is 5.56 Å². The second kappa shape index (κ2) is 8.97. The van der Waals surface area contributed by atoms with Gasteiger partial charge in [-0.2, -0.15) is 0 Å². The van der Waals surface area contributed by atoms with Gasteiger partial charge in [-0.15, -0.1) is 0 Å². The molecule has 5 nitrogen and oxygen atoms in total. The minimum atomic E-state index is -0.374. The van der Waals surface area contributed by atoms with Crippen LogP contribution in [0.25, 0.3) is 0 Å². The van der Waals surface area contributed by atoms with Crippen LogP contribution in [0.2, 0.25) is 0 Å². The van der Waals surface area contributed by atoms with Crippen LogP contribution in [0.1, 0.15) is 31.8 Å². The lowest BCUT2D eigenvalue weighted by atomic mass is 9.92. The molecule has 0 heterocycles. The molecule has 0 radical (unpaired) electrons. The number of hydrogen-bond donors (Lipinski definition) is 0. The second-order valence-corrected chi connectivity index (χ2v) is 6.80. The van der Waals surface area contributed by atoms with Crippen molar-refractivity contribution in [3.8, 4) is 0 Å². The molecule has 0 aliphatic heterocycles. The molecule has 0 aliphatic rings. The summed E-state index contributed by atoms with van der Waals surface area (Å²) in [6, 6.07) is 30.6. The van der Waals surface area contributed by atoms with Crippen molar-refractivity contribution in [3.63, 3.8) is 0 Å². The molecule has 0 aliphatic carbocycles. The van der Waals surface area contributed by atoms with Gasteiger partial charge in [0.25, 0.3) is 0 Å². The maximum absolute atomic E-state index is 13.4. The van der Waals surface area contributed by atoms with Crippen LogP contribution in [0, 0.1) is 5.21 Å². The fraction of sp³-hybridized carbons (Fsp3) is 0. The molecule has 0 spiro atoms. The predicted molar refractivity (Wildman–Crippen MR) is 118 cm³/mol. The van der Waals surface area contributed by atoms with Crippen molar-refractivity contribution in [1.29, 1.82) is 0 Å². The van der Waals surface area contributed by atoms with Crippen molar-refractivity contribution in [2.24, 2.45) is 5.11 Å². The van der Waals surface area contributed by atoms with E-state index in [2.05, 4.69) is 5.11 Å². The standard InChI is InChI=1S/C26H18N2O3/c29-25(19-11-4-1-5-12-19)22-17-10-18-23(27-28(31)21-15-8-3-9-16-21)24(22)26(30)20-13-6-2-7-14-20/h1-18H. The van der Waals surface area contributed by atoms with Gasteiger partial charge in [-0.25, -0.2) is 0 Å². The quantitative estimate of drug-likeness (QED) is 0.169. The summed E-state index contributed by atoms with van der Waals surface area (Å²) in [5.41, 5.74) is 1.60. The van der Waals surface area contributed by atoms with Crippen molar-refractivity contribution in [3.05, 3.63) is 137 Å². The lowest BCUT2D eigenvalue weighted by molar-refractivity contribution is -0.435. The van der Waals surface area contributed by atoms with Crippen molar-refractivity contribution in [1.82, 2.24) is 0 Å². The Balaban J connectivity index is 1.89. The van der Waals surface area contributed by atoms with E-state index in [-0.39, 0.29) is 28.4 Å². The second-order valence-electron chi connectivity index (χ2n) is 6.80. The summed E-state index contributed by atoms with van der Waals surface area (Å²) in [4.78, 5) is 27.1. The van der Waals surface area contributed by atoms with Crippen LogP contribution >= 0.6 is 0 Å². The molecule has 150 valence electrons. The number of azo groups is 1. The van der Waals surface area contributed by atoms with Gasteiger partial charge >= 0.3 is 0 Å². The van der Waals surface area contributed by atoms with Crippen LogP contribution in [0.15, 0.2) is 114 Å². The summed E-state index contributed by atoms with van der Waals surface area (Å²) in [6.45, 7) is 0. The minimum Gasteiger partial charge on any atom is -0.594 e. The first-order chi connectivity index (χ1) is 15.1. The molecule has 0 saturated carbocycles. The number of ketones is 2. The van der Waals surface area contributed by atoms with Gasteiger partial charge in [0, 0.05) is 33.9 Å². The van der Waals surface area contributed by atoms with Gasteiger partial charge in [0.2, 0.25) is 5.69 Å². The Morgan fingerprint density at radius 1 is 0.613 bits per heavy atom. The molecule has 5 heteroatoms. The lowest BCUT2D eigenvalue weighted by Crippen LogP contribution is -2.12. The summed E-state index contributed by atoms with van der Waals surface area (Å²) in [6.07, 6.45) is 0. The van der Waals surface area contributed by atoms with E-state index >= 15 is 0 Å². The first-order valence-corrected chi connectivity index (χ1v) is 9.71. The van der Waals surface area contributed by atoms with E-state index in [1.54, 1.807) is 103 Å². The first kappa shape index (κ1) is 19.9. The number of carbonyl (C=O) groups is 2. The van der Waals surface area contributed by atoms with Crippen molar-refractivity contribution < 1.29 is 14.4 Å². The van der Waals surface area contributed by atoms with Crippen LogP contribution in [-0.2, 0) is 0 Å². The SMILES string of the molecule is O=C(c1ccccc1)c1cccc(N=[N+]([O-])c2ccccc2)c1C(=O)c1ccccc1. The highest BCUT2D eigenvalue weighted by Crippen LogP contribution is 2.29. The van der Waals surface area contributed by atoms with Gasteiger partial charge in [0.1, 0.15) is 5.69 Å². The summed E-state index contributed by atoms with van der Waals surface area (Å²) in [5, 5.41) is 16.7. The molecule has 0 aromatic heterocycles. The highest BCUT2D eigenvalue weighted by Gasteiger charge is 2.24. The molecule has 0 fully saturated rings. The molecule has 0 atom stereocenters. The number of hydrogen-bond acceptors (Lipinski definition) is 4. The van der Waals surface area contributed by atoms with Gasteiger partial charge < -0.3 is 5.21 Å². The Bertz CT molecular complexity index is 1250. The monoisotopic (exact) mass is 406 g/mol. The molecule has 0 N–H and O–H groups in total. The van der Waals surface area contributed by atoms with Crippen LogP contribution in [0.4, 0.5) is 11.4 Å². The Morgan fingerprint density at radius 2 is 1.13 bits per heavy atom. The summed E-state index contributed by atoms with van der Waals surface area (Å²) >= 11 is 0. The van der Waals surface area contributed by atoms with Crippen molar-refractivity contribution in [2.45, 2.75) is 0 Å². The normalized spacial score (nSPS) is 11.2. The number of para-hydroxylation sites is 1. The molecule has 31 heavy (non-hydrogen) atoms. The van der Waals surface area contributed by atoms with Gasteiger partial charge in [0.15, 0.2) is 11.6 Å². The molecular weight excluding hydrogens is 388 g/mol. The highest BCUT2D eigenvalue weighted by atomic mass is 16.5. The fourth-order valence-corrected chi connectivity index (χ4v) is 3.24. The van der Waals surface area contributed by atoms with Crippen molar-refractivity contribution >= 4 is 22.9 Å². The summed E-state index contributed by atoms with van der Waals surface area (Å²) < 4.78 is 0. The average molecular weight is 406 g/mol. The third kappa shape index (κ3) is 4.31. The zero-order valence-electron chi connectivity index (χ0n) is 16.5. The Hall–Kier alpha value is -4.38. The van der Waals surface area contributed by atoms with Gasteiger partial charge in [-0.3, -0.25) is 9.59 Å². The zero-order valence-corrected chi connectivity index (χ0v) is 16.5. The predicted octanol–water partition coefficient (Wildman–Crippen LogP) is 6.07. The molecule has 0 amide bonds. The topological polar surface area (TPSA) is 72.6 Å². The molecule has 4 aromatic carbocycles.